The van der Waals surface area contributed by atoms with Crippen molar-refractivity contribution in [3.63, 3.8) is 0 Å². The molecule has 0 bridgehead atoms. The Morgan fingerprint density at radius 1 is 1.64 bits per heavy atom. The standard InChI is InChI=1S/C9H18N4O/c1-6(5-14-3)4-11-9-8(10)12-7(2)13-9/h6,11H,4-5,10H2,1-3H3,(H,12,13). The van der Waals surface area contributed by atoms with Crippen LogP contribution in [0.1, 0.15) is 12.7 Å². The van der Waals surface area contributed by atoms with Crippen molar-refractivity contribution < 1.29 is 4.74 Å². The predicted molar refractivity (Wildman–Crippen MR) is 57.3 cm³/mol. The molecule has 0 aromatic carbocycles. The topological polar surface area (TPSA) is 76.0 Å². The quantitative estimate of drug-likeness (QED) is 0.659. The van der Waals surface area contributed by atoms with Crippen molar-refractivity contribution in [2.75, 3.05) is 31.3 Å². The van der Waals surface area contributed by atoms with E-state index in [-0.39, 0.29) is 0 Å². The Morgan fingerprint density at radius 2 is 2.36 bits per heavy atom. The second-order valence-electron chi connectivity index (χ2n) is 3.53. The summed E-state index contributed by atoms with van der Waals surface area (Å²) in [6.45, 7) is 5.52. The third kappa shape index (κ3) is 2.92. The normalized spacial score (nSPS) is 12.8. The summed E-state index contributed by atoms with van der Waals surface area (Å²) >= 11 is 0. The molecule has 80 valence electrons. The van der Waals surface area contributed by atoms with Crippen LogP contribution in [0.15, 0.2) is 0 Å². The van der Waals surface area contributed by atoms with Crippen molar-refractivity contribution in [1.82, 2.24) is 9.97 Å². The van der Waals surface area contributed by atoms with Crippen LogP contribution in [0.5, 0.6) is 0 Å². The molecule has 5 nitrogen and oxygen atoms in total. The van der Waals surface area contributed by atoms with E-state index in [0.717, 1.165) is 24.8 Å². The minimum Gasteiger partial charge on any atom is -0.384 e. The van der Waals surface area contributed by atoms with Gasteiger partial charge in [0.25, 0.3) is 0 Å². The van der Waals surface area contributed by atoms with Gasteiger partial charge >= 0.3 is 0 Å². The van der Waals surface area contributed by atoms with Gasteiger partial charge in [0.1, 0.15) is 11.6 Å². The van der Waals surface area contributed by atoms with E-state index in [1.165, 1.54) is 0 Å². The first-order valence-electron chi connectivity index (χ1n) is 4.68. The smallest absolute Gasteiger partial charge is 0.168 e. The van der Waals surface area contributed by atoms with Crippen molar-refractivity contribution >= 4 is 11.6 Å². The first-order chi connectivity index (χ1) is 6.63. The van der Waals surface area contributed by atoms with Gasteiger partial charge in [0.15, 0.2) is 5.82 Å². The monoisotopic (exact) mass is 198 g/mol. The summed E-state index contributed by atoms with van der Waals surface area (Å²) in [5, 5.41) is 3.17. The fraction of sp³-hybridized carbons (Fsp3) is 0.667. The molecule has 5 heteroatoms. The Hall–Kier alpha value is -1.23. The second kappa shape index (κ2) is 4.85. The number of nitrogens with zero attached hydrogens (tertiary/aromatic N) is 1. The van der Waals surface area contributed by atoms with Gasteiger partial charge in [-0.05, 0) is 12.8 Å². The van der Waals surface area contributed by atoms with Crippen molar-refractivity contribution in [3.8, 4) is 0 Å². The number of methoxy groups -OCH3 is 1. The van der Waals surface area contributed by atoms with Crippen LogP contribution in [0, 0.1) is 12.8 Å². The van der Waals surface area contributed by atoms with Gasteiger partial charge in [-0.2, -0.15) is 0 Å². The maximum atomic E-state index is 5.69. The predicted octanol–water partition coefficient (Wildman–Crippen LogP) is 0.995. The summed E-state index contributed by atoms with van der Waals surface area (Å²) in [5.74, 6) is 2.58. The molecule has 1 unspecified atom stereocenters. The van der Waals surface area contributed by atoms with Crippen LogP contribution in [0.25, 0.3) is 0 Å². The van der Waals surface area contributed by atoms with Gasteiger partial charge in [-0.15, -0.1) is 0 Å². The highest BCUT2D eigenvalue weighted by atomic mass is 16.5. The van der Waals surface area contributed by atoms with Crippen LogP contribution >= 0.6 is 0 Å². The number of hydrogen-bond acceptors (Lipinski definition) is 4. The maximum Gasteiger partial charge on any atom is 0.168 e. The minimum absolute atomic E-state index is 0.441. The van der Waals surface area contributed by atoms with E-state index >= 15 is 0 Å². The van der Waals surface area contributed by atoms with E-state index in [0.29, 0.717) is 11.7 Å². The number of rotatable bonds is 5. The highest BCUT2D eigenvalue weighted by molar-refractivity contribution is 5.56. The minimum atomic E-state index is 0.441. The highest BCUT2D eigenvalue weighted by Gasteiger charge is 2.06. The molecule has 1 aromatic heterocycles. The molecule has 0 aliphatic heterocycles. The fourth-order valence-electron chi connectivity index (χ4n) is 1.26. The van der Waals surface area contributed by atoms with Crippen LogP contribution in [-0.4, -0.2) is 30.2 Å². The van der Waals surface area contributed by atoms with Crippen molar-refractivity contribution in [2.24, 2.45) is 5.92 Å². The third-order valence-electron chi connectivity index (χ3n) is 1.92. The zero-order chi connectivity index (χ0) is 10.6. The number of aromatic nitrogens is 2. The molecule has 0 spiro atoms. The SMILES string of the molecule is COCC(C)CNc1nc(C)[nH]c1N. The zero-order valence-electron chi connectivity index (χ0n) is 8.92. The largest absolute Gasteiger partial charge is 0.384 e. The molecule has 1 rings (SSSR count). The van der Waals surface area contributed by atoms with Gasteiger partial charge in [-0.3, -0.25) is 0 Å². The molecule has 0 amide bonds. The van der Waals surface area contributed by atoms with E-state index < -0.39 is 0 Å². The average molecular weight is 198 g/mol. The van der Waals surface area contributed by atoms with Gasteiger partial charge in [-0.1, -0.05) is 6.92 Å². The lowest BCUT2D eigenvalue weighted by atomic mass is 10.2. The van der Waals surface area contributed by atoms with Crippen molar-refractivity contribution in [3.05, 3.63) is 5.82 Å². The van der Waals surface area contributed by atoms with Gasteiger partial charge in [0.05, 0.1) is 6.61 Å². The molecular formula is C9H18N4O. The van der Waals surface area contributed by atoms with Gasteiger partial charge in [0.2, 0.25) is 0 Å². The number of aryl methyl sites for hydroxylation is 1. The fourth-order valence-corrected chi connectivity index (χ4v) is 1.26. The van der Waals surface area contributed by atoms with E-state index in [1.54, 1.807) is 7.11 Å². The number of aromatic amines is 1. The Balaban J connectivity index is 2.41. The van der Waals surface area contributed by atoms with Gasteiger partial charge in [0, 0.05) is 13.7 Å². The molecule has 0 fully saturated rings. The molecule has 1 aromatic rings. The van der Waals surface area contributed by atoms with Crippen LogP contribution < -0.4 is 11.1 Å². The summed E-state index contributed by atoms with van der Waals surface area (Å²) in [4.78, 5) is 7.15. The number of nitrogen functional groups attached to an aromatic ring is 1. The summed E-state index contributed by atoms with van der Waals surface area (Å²) < 4.78 is 5.03. The molecule has 1 heterocycles. The van der Waals surface area contributed by atoms with Crippen molar-refractivity contribution in [2.45, 2.75) is 13.8 Å². The van der Waals surface area contributed by atoms with Crippen LogP contribution in [0.3, 0.4) is 0 Å². The molecular weight excluding hydrogens is 180 g/mol. The summed E-state index contributed by atoms with van der Waals surface area (Å²) in [7, 11) is 1.70. The van der Waals surface area contributed by atoms with E-state index in [9.17, 15) is 0 Å². The summed E-state index contributed by atoms with van der Waals surface area (Å²) in [5.41, 5.74) is 5.69. The third-order valence-corrected chi connectivity index (χ3v) is 1.92. The summed E-state index contributed by atoms with van der Waals surface area (Å²) in [6, 6.07) is 0. The molecule has 0 radical (unpaired) electrons. The Morgan fingerprint density at radius 3 is 2.86 bits per heavy atom. The molecule has 0 saturated carbocycles. The van der Waals surface area contributed by atoms with E-state index in [1.807, 2.05) is 6.92 Å². The number of H-pyrrole nitrogens is 1. The summed E-state index contributed by atoms with van der Waals surface area (Å²) in [6.07, 6.45) is 0. The number of imidazole rings is 1. The number of anilines is 2. The maximum absolute atomic E-state index is 5.69. The first kappa shape index (κ1) is 10.8. The van der Waals surface area contributed by atoms with E-state index in [4.69, 9.17) is 10.5 Å². The van der Waals surface area contributed by atoms with Gasteiger partial charge in [-0.25, -0.2) is 4.98 Å². The lowest BCUT2D eigenvalue weighted by Crippen LogP contribution is -2.16. The van der Waals surface area contributed by atoms with Crippen LogP contribution in [-0.2, 0) is 4.74 Å². The number of nitrogens with two attached hydrogens (primary N) is 1. The lowest BCUT2D eigenvalue weighted by molar-refractivity contribution is 0.164. The highest BCUT2D eigenvalue weighted by Crippen LogP contribution is 2.13. The molecule has 14 heavy (non-hydrogen) atoms. The second-order valence-corrected chi connectivity index (χ2v) is 3.53. The molecule has 0 aliphatic rings. The Bertz CT molecular complexity index is 284. The van der Waals surface area contributed by atoms with Crippen LogP contribution in [0.4, 0.5) is 11.6 Å². The van der Waals surface area contributed by atoms with Gasteiger partial charge < -0.3 is 20.8 Å². The molecule has 0 aliphatic carbocycles. The number of hydrogen-bond donors (Lipinski definition) is 3. The molecule has 0 saturated heterocycles. The van der Waals surface area contributed by atoms with Crippen molar-refractivity contribution in [1.29, 1.82) is 0 Å². The average Bonchev–Trinajstić information content (AvgIpc) is 2.42. The number of ether oxygens (including phenoxy) is 1. The Labute approximate surface area is 84.1 Å². The zero-order valence-corrected chi connectivity index (χ0v) is 8.92. The van der Waals surface area contributed by atoms with E-state index in [2.05, 4.69) is 22.2 Å². The Kier molecular flexibility index (Phi) is 3.76. The number of nitrogens with one attached hydrogen (secondary N) is 2. The lowest BCUT2D eigenvalue weighted by Gasteiger charge is -2.10. The van der Waals surface area contributed by atoms with Crippen LogP contribution in [0.2, 0.25) is 0 Å². The molecule has 1 atom stereocenters. The molecule has 4 N–H and O–H groups in total. The first-order valence-corrected chi connectivity index (χ1v) is 4.68.